The van der Waals surface area contributed by atoms with E-state index in [9.17, 15) is 0 Å². The topological polar surface area (TPSA) is 46.3 Å². The van der Waals surface area contributed by atoms with E-state index in [2.05, 4.69) is 226 Å². The van der Waals surface area contributed by atoms with Crippen LogP contribution in [0.3, 0.4) is 0 Å². The van der Waals surface area contributed by atoms with Gasteiger partial charge in [-0.3, -0.25) is 5.32 Å². The minimum atomic E-state index is -0.197. The molecular formula is C65H53N5. The van der Waals surface area contributed by atoms with Gasteiger partial charge in [0.15, 0.2) is 0 Å². The van der Waals surface area contributed by atoms with Gasteiger partial charge in [0.05, 0.1) is 22.5 Å². The fourth-order valence-electron chi connectivity index (χ4n) is 13.3. The Balaban J connectivity index is 0.815. The molecule has 0 saturated carbocycles. The van der Waals surface area contributed by atoms with Crippen LogP contribution in [0.5, 0.6) is 0 Å². The number of allylic oxidation sites excluding steroid dienone is 19. The molecule has 7 unspecified atom stereocenters. The number of rotatable bonds is 5. The predicted molar refractivity (Wildman–Crippen MR) is 292 cm³/mol. The van der Waals surface area contributed by atoms with Crippen molar-refractivity contribution in [3.05, 3.63) is 238 Å². The number of nitrogens with zero attached hydrogens (tertiary/aromatic N) is 3. The van der Waals surface area contributed by atoms with Gasteiger partial charge in [-0.05, 0) is 107 Å². The second-order valence-corrected chi connectivity index (χ2v) is 20.4. The number of hydrogen-bond acceptors (Lipinski definition) is 3. The summed E-state index contributed by atoms with van der Waals surface area (Å²) in [5.74, 6) is 2.35. The largest absolute Gasteiger partial charge is 0.354 e. The molecule has 0 radical (unpaired) electrons. The van der Waals surface area contributed by atoms with Crippen LogP contribution in [0.4, 0.5) is 0 Å². The van der Waals surface area contributed by atoms with Crippen LogP contribution in [0.15, 0.2) is 210 Å². The summed E-state index contributed by atoms with van der Waals surface area (Å²) < 4.78 is 5.17. The second kappa shape index (κ2) is 15.9. The van der Waals surface area contributed by atoms with Gasteiger partial charge < -0.3 is 14.5 Å². The van der Waals surface area contributed by atoms with E-state index in [1.165, 1.54) is 99.2 Å². The van der Waals surface area contributed by atoms with Crippen molar-refractivity contribution in [1.29, 1.82) is 0 Å². The van der Waals surface area contributed by atoms with Crippen LogP contribution in [0.2, 0.25) is 0 Å². The normalized spacial score (nSPS) is 26.7. The third-order valence-electron chi connectivity index (χ3n) is 16.6. The maximum atomic E-state index is 5.51. The molecule has 7 atom stereocenters. The maximum Gasteiger partial charge on any atom is 0.131 e. The molecule has 3 heterocycles. The van der Waals surface area contributed by atoms with E-state index in [0.717, 1.165) is 37.9 Å². The van der Waals surface area contributed by atoms with Crippen LogP contribution < -0.4 is 21.2 Å². The Labute approximate surface area is 408 Å². The van der Waals surface area contributed by atoms with E-state index in [4.69, 9.17) is 4.99 Å². The average Bonchev–Trinajstić information content (AvgIpc) is 3.94. The third-order valence-corrected chi connectivity index (χ3v) is 16.6. The number of hydrogen-bond donors (Lipinski definition) is 2. The zero-order valence-corrected chi connectivity index (χ0v) is 39.0. The van der Waals surface area contributed by atoms with Gasteiger partial charge in [0, 0.05) is 73.8 Å². The van der Waals surface area contributed by atoms with E-state index < -0.39 is 0 Å². The number of amidine groups is 1. The Morgan fingerprint density at radius 2 is 1.54 bits per heavy atom. The second-order valence-electron chi connectivity index (χ2n) is 20.4. The standard InChI is InChI=1S/C65H53N5/c1-2-16-41(17-3-1)63-66-64(68-65(67-63)57-37-45-20-7-8-22-48(45)51-24-10-11-25-52(51)57)53-27-14-21-44-35-46(30-32-49(44)53)70-59-34-31-47(39-56(59)55-36-42-18-4-5-19-43(42)38-61(55)70)69-58-28-13-12-26-54(58)62-50-23-9-6-15-40(50)29-33-60(62)69/h2,4-17,19-30,32-33,35-39,42,45,48-49,53,64-65,68H,1,3,18,31,34H2,(H,66,67). The summed E-state index contributed by atoms with van der Waals surface area (Å²) in [5.41, 5.74) is 15.8. The molecule has 8 aliphatic carbocycles. The molecule has 70 heavy (non-hydrogen) atoms. The number of aliphatic imine (C=N–C) groups is 1. The van der Waals surface area contributed by atoms with Crippen molar-refractivity contribution in [1.82, 2.24) is 19.8 Å². The van der Waals surface area contributed by atoms with Crippen molar-refractivity contribution in [3.63, 3.8) is 0 Å². The van der Waals surface area contributed by atoms with Gasteiger partial charge in [-0.1, -0.05) is 170 Å². The van der Waals surface area contributed by atoms with Gasteiger partial charge in [-0.25, -0.2) is 4.99 Å². The first kappa shape index (κ1) is 40.2. The molecule has 2 N–H and O–H groups in total. The van der Waals surface area contributed by atoms with Gasteiger partial charge in [0.1, 0.15) is 12.0 Å². The van der Waals surface area contributed by atoms with E-state index in [0.29, 0.717) is 17.8 Å². The highest BCUT2D eigenvalue weighted by molar-refractivity contribution is 6.22. The Bertz CT molecular complexity index is 3850. The summed E-state index contributed by atoms with van der Waals surface area (Å²) >= 11 is 0. The van der Waals surface area contributed by atoms with Crippen LogP contribution >= 0.6 is 0 Å². The van der Waals surface area contributed by atoms with Crippen molar-refractivity contribution in [2.75, 3.05) is 0 Å². The highest BCUT2D eigenvalue weighted by Crippen LogP contribution is 2.45. The first-order chi connectivity index (χ1) is 34.7. The maximum absolute atomic E-state index is 5.51. The summed E-state index contributed by atoms with van der Waals surface area (Å²) in [6.07, 6.45) is 52.2. The highest BCUT2D eigenvalue weighted by Gasteiger charge is 2.39. The lowest BCUT2D eigenvalue weighted by Crippen LogP contribution is -2.59. The van der Waals surface area contributed by atoms with Gasteiger partial charge in [-0.15, -0.1) is 0 Å². The minimum absolute atomic E-state index is 0.0495. The molecule has 0 spiro atoms. The van der Waals surface area contributed by atoms with E-state index >= 15 is 0 Å². The van der Waals surface area contributed by atoms with Crippen molar-refractivity contribution in [3.8, 4) is 0 Å². The first-order valence-corrected chi connectivity index (χ1v) is 25.6. The van der Waals surface area contributed by atoms with Crippen molar-refractivity contribution in [2.24, 2.45) is 28.7 Å². The SMILES string of the molecule is C1=CCC2C=c3c4c(n(C5=CC6=CC=CC(C7NC(C8=CCCC=C8)=NC(C8=CC9C=CC=CC9c9ccccc98)N7)C6C=C5)c3=CC2=C1)CCC(n1c2ccccc2c2c3ccccc3ccc21)=C4. The molecular weight excluding hydrogens is 851 g/mol. The van der Waals surface area contributed by atoms with Crippen molar-refractivity contribution < 1.29 is 0 Å². The molecule has 2 aromatic heterocycles. The molecule has 9 aliphatic rings. The smallest absolute Gasteiger partial charge is 0.131 e. The lowest BCUT2D eigenvalue weighted by molar-refractivity contribution is 0.316. The average molecular weight is 904 g/mol. The summed E-state index contributed by atoms with van der Waals surface area (Å²) in [7, 11) is 0. The van der Waals surface area contributed by atoms with Crippen LogP contribution in [0.1, 0.15) is 54.0 Å². The first-order valence-electron chi connectivity index (χ1n) is 25.6. The number of para-hydroxylation sites is 1. The Morgan fingerprint density at radius 3 is 2.50 bits per heavy atom. The molecule has 1 aliphatic heterocycles. The molecule has 4 aromatic carbocycles. The Kier molecular flexibility index (Phi) is 9.13. The molecule has 338 valence electrons. The van der Waals surface area contributed by atoms with Crippen LogP contribution in [-0.2, 0) is 6.42 Å². The molecule has 5 heteroatoms. The minimum Gasteiger partial charge on any atom is -0.354 e. The third kappa shape index (κ3) is 6.24. The number of nitrogens with one attached hydrogen (secondary N) is 2. The fraction of sp³-hybridized carbons (Fsp3) is 0.185. The van der Waals surface area contributed by atoms with E-state index in [1.807, 2.05) is 0 Å². The quantitative estimate of drug-likeness (QED) is 0.181. The number of benzene rings is 4. The van der Waals surface area contributed by atoms with E-state index in [1.54, 1.807) is 0 Å². The summed E-state index contributed by atoms with van der Waals surface area (Å²) in [6.45, 7) is 0. The number of aromatic nitrogens is 2. The molecule has 6 aromatic rings. The van der Waals surface area contributed by atoms with Crippen LogP contribution in [0, 0.1) is 23.7 Å². The molecule has 0 fully saturated rings. The Hall–Kier alpha value is -7.73. The van der Waals surface area contributed by atoms with Crippen LogP contribution in [-0.4, -0.2) is 27.3 Å². The highest BCUT2D eigenvalue weighted by atomic mass is 15.3. The summed E-state index contributed by atoms with van der Waals surface area (Å²) in [5, 5.41) is 16.0. The predicted octanol–water partition coefficient (Wildman–Crippen LogP) is 12.4. The van der Waals surface area contributed by atoms with Crippen molar-refractivity contribution >= 4 is 73.6 Å². The monoisotopic (exact) mass is 903 g/mol. The van der Waals surface area contributed by atoms with Gasteiger partial charge in [0.2, 0.25) is 0 Å². The fourth-order valence-corrected chi connectivity index (χ4v) is 13.3. The lowest BCUT2D eigenvalue weighted by atomic mass is 9.73. The van der Waals surface area contributed by atoms with Gasteiger partial charge in [-0.2, -0.15) is 0 Å². The van der Waals surface area contributed by atoms with E-state index in [-0.39, 0.29) is 24.2 Å². The zero-order chi connectivity index (χ0) is 45.9. The van der Waals surface area contributed by atoms with Crippen LogP contribution in [0.25, 0.3) is 67.8 Å². The molecule has 0 bridgehead atoms. The Morgan fingerprint density at radius 1 is 0.657 bits per heavy atom. The summed E-state index contributed by atoms with van der Waals surface area (Å²) in [4.78, 5) is 5.51. The molecule has 5 nitrogen and oxygen atoms in total. The van der Waals surface area contributed by atoms with Crippen molar-refractivity contribution in [2.45, 2.75) is 50.4 Å². The molecule has 0 saturated heterocycles. The van der Waals surface area contributed by atoms with Gasteiger partial charge >= 0.3 is 0 Å². The lowest BCUT2D eigenvalue weighted by Gasteiger charge is -2.42. The zero-order valence-electron chi connectivity index (χ0n) is 39.0. The molecule has 0 amide bonds. The number of fused-ring (bicyclic) bond motifs is 13. The molecule has 15 rings (SSSR count). The summed E-state index contributed by atoms with van der Waals surface area (Å²) in [6, 6.07) is 31.5. The van der Waals surface area contributed by atoms with Gasteiger partial charge in [0.25, 0.3) is 0 Å².